The van der Waals surface area contributed by atoms with Crippen molar-refractivity contribution in [3.05, 3.63) is 6.33 Å². The van der Waals surface area contributed by atoms with Gasteiger partial charge >= 0.3 is 0 Å². The highest BCUT2D eigenvalue weighted by Gasteiger charge is 2.55. The molecule has 4 aliphatic carbocycles. The number of nitrogens with zero attached hydrogens (tertiary/aromatic N) is 3. The van der Waals surface area contributed by atoms with E-state index in [0.717, 1.165) is 61.7 Å². The van der Waals surface area contributed by atoms with E-state index >= 15 is 0 Å². The average molecular weight is 364 g/mol. The molecule has 5 rings (SSSR count). The number of aryl methyl sites for hydroxylation is 1. The number of hydrogen-bond donors (Lipinski definition) is 0. The van der Waals surface area contributed by atoms with Crippen LogP contribution in [0.5, 0.6) is 0 Å². The smallest absolute Gasteiger partial charge is 0.191 e. The summed E-state index contributed by atoms with van der Waals surface area (Å²) in [6.07, 6.45) is 10.3. The summed E-state index contributed by atoms with van der Waals surface area (Å²) in [6, 6.07) is 0. The first-order valence-electron chi connectivity index (χ1n) is 9.67. The Labute approximate surface area is 154 Å². The van der Waals surface area contributed by atoms with Crippen LogP contribution in [0.3, 0.4) is 0 Å². The van der Waals surface area contributed by atoms with Crippen molar-refractivity contribution in [3.8, 4) is 0 Å². The molecule has 1 atom stereocenters. The second kappa shape index (κ2) is 7.03. The van der Waals surface area contributed by atoms with Gasteiger partial charge in [0.05, 0.1) is 5.25 Å². The fourth-order valence-corrected chi connectivity index (χ4v) is 6.96. The van der Waals surface area contributed by atoms with Gasteiger partial charge in [0.1, 0.15) is 6.33 Å². The molecule has 25 heavy (non-hydrogen) atoms. The van der Waals surface area contributed by atoms with E-state index in [0.29, 0.717) is 5.78 Å². The summed E-state index contributed by atoms with van der Waals surface area (Å²) in [7, 11) is 1.72. The van der Waals surface area contributed by atoms with Gasteiger partial charge in [0.2, 0.25) is 0 Å². The van der Waals surface area contributed by atoms with E-state index in [-0.39, 0.29) is 10.7 Å². The van der Waals surface area contributed by atoms with Gasteiger partial charge in [-0.3, -0.25) is 4.79 Å². The number of carbonyl (C=O) groups excluding carboxylic acids is 1. The largest absolute Gasteiger partial charge is 0.385 e. The van der Waals surface area contributed by atoms with Crippen LogP contribution in [0.15, 0.2) is 11.5 Å². The van der Waals surface area contributed by atoms with E-state index in [4.69, 9.17) is 4.74 Å². The van der Waals surface area contributed by atoms with Crippen LogP contribution in [0, 0.1) is 23.2 Å². The lowest BCUT2D eigenvalue weighted by molar-refractivity contribution is -0.142. The monoisotopic (exact) mass is 363 g/mol. The summed E-state index contributed by atoms with van der Waals surface area (Å²) in [5, 5.41) is 9.11. The number of aromatic nitrogens is 3. The van der Waals surface area contributed by atoms with Crippen LogP contribution < -0.4 is 0 Å². The molecule has 6 heteroatoms. The Morgan fingerprint density at radius 2 is 1.96 bits per heavy atom. The maximum atomic E-state index is 13.4. The molecular formula is C19H29N3O2S. The molecule has 0 amide bonds. The van der Waals surface area contributed by atoms with Gasteiger partial charge in [-0.2, -0.15) is 0 Å². The molecule has 1 aromatic heterocycles. The number of carbonyl (C=O) groups is 1. The van der Waals surface area contributed by atoms with Crippen LogP contribution in [0.25, 0.3) is 0 Å². The molecule has 4 bridgehead atoms. The summed E-state index contributed by atoms with van der Waals surface area (Å²) in [4.78, 5) is 13.4. The van der Waals surface area contributed by atoms with Gasteiger partial charge in [-0.1, -0.05) is 11.8 Å². The summed E-state index contributed by atoms with van der Waals surface area (Å²) in [5.74, 6) is 2.91. The number of rotatable bonds is 8. The predicted molar refractivity (Wildman–Crippen MR) is 97.4 cm³/mol. The highest BCUT2D eigenvalue weighted by atomic mass is 32.2. The average Bonchev–Trinajstić information content (AvgIpc) is 3.00. The maximum Gasteiger partial charge on any atom is 0.191 e. The van der Waals surface area contributed by atoms with Gasteiger partial charge in [0.25, 0.3) is 0 Å². The number of methoxy groups -OCH3 is 1. The fraction of sp³-hybridized carbons (Fsp3) is 0.842. The van der Waals surface area contributed by atoms with E-state index in [9.17, 15) is 4.79 Å². The first-order chi connectivity index (χ1) is 12.1. The number of ketones is 1. The summed E-state index contributed by atoms with van der Waals surface area (Å²) >= 11 is 1.59. The highest BCUT2D eigenvalue weighted by molar-refractivity contribution is 8.00. The van der Waals surface area contributed by atoms with E-state index < -0.39 is 0 Å². The molecule has 1 aromatic rings. The normalized spacial score (nSPS) is 34.4. The molecule has 1 heterocycles. The molecule has 0 radical (unpaired) electrons. The van der Waals surface area contributed by atoms with Gasteiger partial charge in [-0.05, 0) is 69.6 Å². The van der Waals surface area contributed by atoms with Crippen molar-refractivity contribution in [1.82, 2.24) is 14.8 Å². The van der Waals surface area contributed by atoms with Crippen LogP contribution in [-0.2, 0) is 16.1 Å². The third-order valence-electron chi connectivity index (χ3n) is 6.54. The molecule has 0 aromatic carbocycles. The van der Waals surface area contributed by atoms with Gasteiger partial charge in [-0.25, -0.2) is 0 Å². The molecular weight excluding hydrogens is 334 g/mol. The Morgan fingerprint density at radius 1 is 1.32 bits per heavy atom. The molecule has 0 N–H and O–H groups in total. The topological polar surface area (TPSA) is 57.0 Å². The van der Waals surface area contributed by atoms with Crippen molar-refractivity contribution >= 4 is 17.5 Å². The lowest BCUT2D eigenvalue weighted by atomic mass is 9.48. The highest BCUT2D eigenvalue weighted by Crippen LogP contribution is 2.61. The van der Waals surface area contributed by atoms with Crippen molar-refractivity contribution in [2.24, 2.45) is 23.2 Å². The summed E-state index contributed by atoms with van der Waals surface area (Å²) < 4.78 is 7.17. The van der Waals surface area contributed by atoms with Gasteiger partial charge < -0.3 is 9.30 Å². The Kier molecular flexibility index (Phi) is 4.93. The second-order valence-electron chi connectivity index (χ2n) is 8.48. The van der Waals surface area contributed by atoms with Crippen LogP contribution in [-0.4, -0.2) is 39.5 Å². The van der Waals surface area contributed by atoms with Crippen LogP contribution in [0.1, 0.15) is 51.9 Å². The number of Topliss-reactive ketones (excluding diaryl/α,β-unsaturated/α-hetero) is 1. The Morgan fingerprint density at radius 3 is 2.56 bits per heavy atom. The molecule has 0 aliphatic heterocycles. The molecule has 4 saturated carbocycles. The van der Waals surface area contributed by atoms with Gasteiger partial charge in [0, 0.05) is 25.7 Å². The zero-order valence-corrected chi connectivity index (χ0v) is 16.1. The van der Waals surface area contributed by atoms with Crippen molar-refractivity contribution in [1.29, 1.82) is 0 Å². The minimum atomic E-state index is -0.0402. The van der Waals surface area contributed by atoms with Crippen molar-refractivity contribution in [3.63, 3.8) is 0 Å². The standard InChI is InChI=1S/C19H29N3O2S/c1-13(25-18-21-20-12-22(18)4-3-5-24-2)17(23)19-9-14-6-15(10-19)8-16(7-14)11-19/h12-16H,3-11H2,1-2H3. The van der Waals surface area contributed by atoms with Crippen molar-refractivity contribution < 1.29 is 9.53 Å². The van der Waals surface area contributed by atoms with Crippen LogP contribution in [0.4, 0.5) is 0 Å². The number of hydrogen-bond acceptors (Lipinski definition) is 5. The zero-order valence-electron chi connectivity index (χ0n) is 15.3. The Balaban J connectivity index is 1.42. The lowest BCUT2D eigenvalue weighted by Gasteiger charge is -2.56. The predicted octanol–water partition coefficient (Wildman–Crippen LogP) is 3.58. The minimum Gasteiger partial charge on any atom is -0.385 e. The zero-order chi connectivity index (χ0) is 17.4. The molecule has 0 spiro atoms. The second-order valence-corrected chi connectivity index (χ2v) is 9.78. The first kappa shape index (κ1) is 17.5. The molecule has 0 saturated heterocycles. The molecule has 1 unspecified atom stereocenters. The van der Waals surface area contributed by atoms with Crippen molar-refractivity contribution in [2.75, 3.05) is 13.7 Å². The number of thioether (sulfide) groups is 1. The van der Waals surface area contributed by atoms with E-state index in [1.807, 2.05) is 4.57 Å². The number of ether oxygens (including phenoxy) is 1. The first-order valence-corrected chi connectivity index (χ1v) is 10.6. The Hall–Kier alpha value is -0.880. The van der Waals surface area contributed by atoms with Crippen LogP contribution >= 0.6 is 11.8 Å². The summed E-state index contributed by atoms with van der Waals surface area (Å²) in [6.45, 7) is 3.63. The Bertz CT molecular complexity index is 595. The lowest BCUT2D eigenvalue weighted by Crippen LogP contribution is -2.51. The third-order valence-corrected chi connectivity index (χ3v) is 7.63. The maximum absolute atomic E-state index is 13.4. The molecule has 5 nitrogen and oxygen atoms in total. The molecule has 138 valence electrons. The quantitative estimate of drug-likeness (QED) is 0.522. The van der Waals surface area contributed by atoms with E-state index in [1.54, 1.807) is 25.2 Å². The van der Waals surface area contributed by atoms with E-state index in [2.05, 4.69) is 17.1 Å². The van der Waals surface area contributed by atoms with Gasteiger partial charge in [-0.15, -0.1) is 10.2 Å². The SMILES string of the molecule is COCCCn1cnnc1SC(C)C(=O)C12CC3CC(CC(C3)C1)C2. The molecule has 4 fully saturated rings. The summed E-state index contributed by atoms with van der Waals surface area (Å²) in [5.41, 5.74) is -0.0257. The van der Waals surface area contributed by atoms with E-state index in [1.165, 1.54) is 19.3 Å². The van der Waals surface area contributed by atoms with Gasteiger partial charge in [0.15, 0.2) is 10.9 Å². The molecule has 4 aliphatic rings. The third kappa shape index (κ3) is 3.39. The van der Waals surface area contributed by atoms with Crippen molar-refractivity contribution in [2.45, 2.75) is 68.8 Å². The van der Waals surface area contributed by atoms with Crippen LogP contribution in [0.2, 0.25) is 0 Å². The fourth-order valence-electron chi connectivity index (χ4n) is 5.92. The minimum absolute atomic E-state index is 0.0257.